The Kier molecular flexibility index (Phi) is 6.54. The van der Waals surface area contributed by atoms with Crippen LogP contribution in [0.3, 0.4) is 0 Å². The molecular formula is C18H28FN3O. The van der Waals surface area contributed by atoms with Crippen LogP contribution in [0.1, 0.15) is 31.4 Å². The smallest absolute Gasteiger partial charge is 0.236 e. The monoisotopic (exact) mass is 321 g/mol. The predicted octanol–water partition coefficient (Wildman–Crippen LogP) is 2.37. The lowest BCUT2D eigenvalue weighted by Gasteiger charge is -2.30. The maximum Gasteiger partial charge on any atom is 0.236 e. The van der Waals surface area contributed by atoms with Gasteiger partial charge in [-0.3, -0.25) is 14.6 Å². The Bertz CT molecular complexity index is 503. The fraction of sp³-hybridized carbons (Fsp3) is 0.611. The molecule has 1 aromatic rings. The minimum atomic E-state index is -0.187. The maximum atomic E-state index is 13.1. The number of hydrogen-bond acceptors (Lipinski definition) is 3. The van der Waals surface area contributed by atoms with Crippen LogP contribution in [0, 0.1) is 5.82 Å². The Labute approximate surface area is 138 Å². The van der Waals surface area contributed by atoms with Crippen LogP contribution >= 0.6 is 0 Å². The molecule has 5 heteroatoms. The Morgan fingerprint density at radius 3 is 2.48 bits per heavy atom. The van der Waals surface area contributed by atoms with Crippen molar-refractivity contribution in [3.05, 3.63) is 35.6 Å². The summed E-state index contributed by atoms with van der Waals surface area (Å²) in [5.41, 5.74) is 1.17. The lowest BCUT2D eigenvalue weighted by molar-refractivity contribution is -0.129. The van der Waals surface area contributed by atoms with Gasteiger partial charge in [0.25, 0.3) is 0 Å². The second kappa shape index (κ2) is 8.41. The van der Waals surface area contributed by atoms with E-state index in [-0.39, 0.29) is 11.7 Å². The molecule has 0 bridgehead atoms. The van der Waals surface area contributed by atoms with E-state index in [9.17, 15) is 9.18 Å². The van der Waals surface area contributed by atoms with E-state index in [1.807, 2.05) is 12.1 Å². The minimum Gasteiger partial charge on any atom is -0.348 e. The van der Waals surface area contributed by atoms with Crippen molar-refractivity contribution in [2.75, 3.05) is 46.8 Å². The molecule has 0 unspecified atom stereocenters. The van der Waals surface area contributed by atoms with E-state index < -0.39 is 0 Å². The van der Waals surface area contributed by atoms with Gasteiger partial charge in [0.1, 0.15) is 5.82 Å². The summed E-state index contributed by atoms with van der Waals surface area (Å²) in [7, 11) is 3.60. The molecule has 1 fully saturated rings. The van der Waals surface area contributed by atoms with Gasteiger partial charge in [-0.05, 0) is 37.1 Å². The van der Waals surface area contributed by atoms with E-state index in [4.69, 9.17) is 0 Å². The summed E-state index contributed by atoms with van der Waals surface area (Å²) in [4.78, 5) is 18.2. The van der Waals surface area contributed by atoms with Crippen LogP contribution in [-0.2, 0) is 4.79 Å². The van der Waals surface area contributed by atoms with Crippen LogP contribution in [0.2, 0.25) is 0 Å². The summed E-state index contributed by atoms with van der Waals surface area (Å²) in [5, 5.41) is 0. The molecule has 2 rings (SSSR count). The highest BCUT2D eigenvalue weighted by Gasteiger charge is 2.23. The van der Waals surface area contributed by atoms with Crippen molar-refractivity contribution in [3.63, 3.8) is 0 Å². The minimum absolute atomic E-state index is 0.157. The van der Waals surface area contributed by atoms with Gasteiger partial charge in [-0.2, -0.15) is 0 Å². The van der Waals surface area contributed by atoms with Gasteiger partial charge in [-0.15, -0.1) is 0 Å². The molecule has 1 amide bonds. The number of rotatable bonds is 5. The normalized spacial score (nSPS) is 18.4. The van der Waals surface area contributed by atoms with E-state index in [0.717, 1.165) is 39.0 Å². The number of hydrogen-bond donors (Lipinski definition) is 0. The van der Waals surface area contributed by atoms with E-state index >= 15 is 0 Å². The van der Waals surface area contributed by atoms with Gasteiger partial charge in [0.05, 0.1) is 6.54 Å². The van der Waals surface area contributed by atoms with Crippen LogP contribution in [0.15, 0.2) is 24.3 Å². The summed E-state index contributed by atoms with van der Waals surface area (Å²) in [5.74, 6) is -0.0307. The Hall–Kier alpha value is -1.46. The first-order chi connectivity index (χ1) is 11.0. The molecule has 0 aliphatic carbocycles. The molecule has 23 heavy (non-hydrogen) atoms. The van der Waals surface area contributed by atoms with Crippen molar-refractivity contribution in [1.82, 2.24) is 14.7 Å². The molecule has 0 radical (unpaired) electrons. The highest BCUT2D eigenvalue weighted by atomic mass is 19.1. The van der Waals surface area contributed by atoms with E-state index in [2.05, 4.69) is 16.7 Å². The molecular weight excluding hydrogens is 293 g/mol. The van der Waals surface area contributed by atoms with Crippen LogP contribution in [0.4, 0.5) is 4.39 Å². The summed E-state index contributed by atoms with van der Waals surface area (Å²) >= 11 is 0. The quantitative estimate of drug-likeness (QED) is 0.833. The van der Waals surface area contributed by atoms with E-state index in [0.29, 0.717) is 12.6 Å². The van der Waals surface area contributed by atoms with Crippen molar-refractivity contribution in [1.29, 1.82) is 0 Å². The number of nitrogens with zero attached hydrogens (tertiary/aromatic N) is 3. The molecule has 1 aliphatic heterocycles. The molecule has 1 heterocycles. The van der Waals surface area contributed by atoms with Crippen molar-refractivity contribution in [3.8, 4) is 0 Å². The molecule has 0 aromatic heterocycles. The second-order valence-corrected chi connectivity index (χ2v) is 6.43. The summed E-state index contributed by atoms with van der Waals surface area (Å²) in [6.45, 7) is 6.48. The standard InChI is InChI=1S/C18H28FN3O/c1-4-17(15-6-8-16(19)9-7-15)22-11-5-10-21(12-13-22)14-18(23)20(2)3/h6-9,17H,4-5,10-14H2,1-3H3/t17-/m0/s1. The summed E-state index contributed by atoms with van der Waals surface area (Å²) in [6, 6.07) is 7.18. The first-order valence-electron chi connectivity index (χ1n) is 8.43. The average Bonchev–Trinajstić information content (AvgIpc) is 2.76. The van der Waals surface area contributed by atoms with Gasteiger partial charge in [0.15, 0.2) is 0 Å². The Morgan fingerprint density at radius 1 is 1.17 bits per heavy atom. The lowest BCUT2D eigenvalue weighted by atomic mass is 10.0. The van der Waals surface area contributed by atoms with Gasteiger partial charge in [-0.1, -0.05) is 19.1 Å². The fourth-order valence-corrected chi connectivity index (χ4v) is 3.18. The second-order valence-electron chi connectivity index (χ2n) is 6.43. The molecule has 1 atom stereocenters. The fourth-order valence-electron chi connectivity index (χ4n) is 3.18. The molecule has 128 valence electrons. The Morgan fingerprint density at radius 2 is 1.87 bits per heavy atom. The summed E-state index contributed by atoms with van der Waals surface area (Å²) in [6.07, 6.45) is 2.06. The average molecular weight is 321 g/mol. The first-order valence-corrected chi connectivity index (χ1v) is 8.43. The third kappa shape index (κ3) is 5.01. The van der Waals surface area contributed by atoms with Crippen molar-refractivity contribution >= 4 is 5.91 Å². The number of likely N-dealkylation sites (N-methyl/N-ethyl adjacent to an activating group) is 1. The zero-order valence-corrected chi connectivity index (χ0v) is 14.5. The highest BCUT2D eigenvalue weighted by Crippen LogP contribution is 2.25. The maximum absolute atomic E-state index is 13.1. The van der Waals surface area contributed by atoms with Crippen molar-refractivity contribution < 1.29 is 9.18 Å². The number of carbonyl (C=O) groups excluding carboxylic acids is 1. The first kappa shape index (κ1) is 17.9. The molecule has 0 saturated carbocycles. The topological polar surface area (TPSA) is 26.8 Å². The van der Waals surface area contributed by atoms with Gasteiger partial charge in [0, 0.05) is 39.8 Å². The van der Waals surface area contributed by atoms with Crippen molar-refractivity contribution in [2.24, 2.45) is 0 Å². The predicted molar refractivity (Wildman–Crippen MR) is 90.8 cm³/mol. The van der Waals surface area contributed by atoms with Gasteiger partial charge in [0.2, 0.25) is 5.91 Å². The largest absolute Gasteiger partial charge is 0.348 e. The molecule has 0 N–H and O–H groups in total. The van der Waals surface area contributed by atoms with Crippen LogP contribution in [0.5, 0.6) is 0 Å². The van der Waals surface area contributed by atoms with Crippen LogP contribution in [0.25, 0.3) is 0 Å². The molecule has 0 spiro atoms. The van der Waals surface area contributed by atoms with Gasteiger partial charge < -0.3 is 4.90 Å². The van der Waals surface area contributed by atoms with Gasteiger partial charge in [-0.25, -0.2) is 4.39 Å². The van der Waals surface area contributed by atoms with Crippen LogP contribution in [-0.4, -0.2) is 67.4 Å². The van der Waals surface area contributed by atoms with Crippen LogP contribution < -0.4 is 0 Å². The highest BCUT2D eigenvalue weighted by molar-refractivity contribution is 5.77. The number of amides is 1. The molecule has 1 aromatic carbocycles. The number of halogens is 1. The van der Waals surface area contributed by atoms with Gasteiger partial charge >= 0.3 is 0 Å². The number of benzene rings is 1. The SMILES string of the molecule is CC[C@@H](c1ccc(F)cc1)N1CCCN(CC(=O)N(C)C)CC1. The lowest BCUT2D eigenvalue weighted by Crippen LogP contribution is -2.39. The Balaban J connectivity index is 1.98. The van der Waals surface area contributed by atoms with E-state index in [1.54, 1.807) is 19.0 Å². The van der Waals surface area contributed by atoms with E-state index in [1.165, 1.54) is 17.7 Å². The number of carbonyl (C=O) groups is 1. The van der Waals surface area contributed by atoms with Crippen molar-refractivity contribution in [2.45, 2.75) is 25.8 Å². The summed E-state index contributed by atoms with van der Waals surface area (Å²) < 4.78 is 13.1. The molecule has 4 nitrogen and oxygen atoms in total. The molecule has 1 aliphatic rings. The third-order valence-electron chi connectivity index (χ3n) is 4.56. The zero-order chi connectivity index (χ0) is 16.8. The molecule has 1 saturated heterocycles. The third-order valence-corrected chi connectivity index (χ3v) is 4.56. The zero-order valence-electron chi connectivity index (χ0n) is 14.5.